The molecule has 5 unspecified atom stereocenters. The first-order chi connectivity index (χ1) is 26.4. The van der Waals surface area contributed by atoms with E-state index in [2.05, 4.69) is 73.8 Å². The van der Waals surface area contributed by atoms with Gasteiger partial charge < -0.3 is 34.1 Å². The minimum absolute atomic E-state index is 0.0389. The molecule has 19 heteroatoms. The van der Waals surface area contributed by atoms with Crippen LogP contribution in [0, 0.1) is 17.8 Å². The van der Waals surface area contributed by atoms with E-state index in [9.17, 15) is 18.5 Å². The van der Waals surface area contributed by atoms with Gasteiger partial charge in [-0.05, 0) is 82.6 Å². The first kappa shape index (κ1) is 48.8. The molecular weight excluding hydrogens is 825 g/mol. The highest BCUT2D eigenvalue weighted by Crippen LogP contribution is 2.61. The van der Waals surface area contributed by atoms with Crippen LogP contribution in [-0.4, -0.2) is 85.3 Å². The number of carbonyl (C=O) groups is 1. The molecule has 0 radical (unpaired) electrons. The number of ether oxygens (including phenoxy) is 1. The van der Waals surface area contributed by atoms with E-state index >= 15 is 0 Å². The maximum Gasteiger partial charge on any atom is 0.469 e. The highest BCUT2D eigenvalue weighted by molar-refractivity contribution is 7.99. The van der Waals surface area contributed by atoms with Crippen molar-refractivity contribution in [2.75, 3.05) is 49.9 Å². The van der Waals surface area contributed by atoms with E-state index in [0.29, 0.717) is 47.4 Å². The third-order valence-corrected chi connectivity index (χ3v) is 13.2. The summed E-state index contributed by atoms with van der Waals surface area (Å²) >= 11 is 3.00. The molecule has 5 rings (SSSR count). The Morgan fingerprint density at radius 1 is 0.732 bits per heavy atom. The lowest BCUT2D eigenvalue weighted by molar-refractivity contribution is -0.144. The zero-order valence-corrected chi connectivity index (χ0v) is 36.1. The summed E-state index contributed by atoms with van der Waals surface area (Å²) in [5.41, 5.74) is 4.26. The lowest BCUT2D eigenvalue weighted by Crippen LogP contribution is -2.15. The molecule has 1 fully saturated rings. The standard InChI is InChI=1S/C20H25O4P.C10H15O4PS.C7H15O6PS/c1-2-13-12-15(8-5-11-24-25(21,22)23)20-17-10-4-7-14-6-3-9-16(18(14)17)19(13)20;11-15(12,13)14-7-9-16-8-6-10-4-2-1-3-5-10;1-6(7(8)12-2)5-15-4-3-13-14(9,10)11/h3-4,6-7,9-10,13,15,19-20H,2,5,8,11-12H2,1H3,(H2,21,22,23);1-5H,6-9H2,(H2,11,12,13);6H,3-5H2,1-2H3,(H2,9,10,11). The number of benzene rings is 3. The highest BCUT2D eigenvalue weighted by Gasteiger charge is 2.48. The molecule has 14 nitrogen and oxygen atoms in total. The second-order valence-electron chi connectivity index (χ2n) is 13.5. The third kappa shape index (κ3) is 17.3. The predicted molar refractivity (Wildman–Crippen MR) is 221 cm³/mol. The van der Waals surface area contributed by atoms with Crippen LogP contribution in [0.4, 0.5) is 0 Å². The van der Waals surface area contributed by atoms with Crippen LogP contribution in [0.5, 0.6) is 0 Å². The van der Waals surface area contributed by atoms with Crippen molar-refractivity contribution in [1.82, 2.24) is 0 Å². The molecular formula is C37H55O14P3S2. The lowest BCUT2D eigenvalue weighted by atomic mass is 9.83. The van der Waals surface area contributed by atoms with E-state index in [0.717, 1.165) is 18.6 Å². The molecule has 314 valence electrons. The number of thioether (sulfide) groups is 2. The molecule has 2 aliphatic rings. The van der Waals surface area contributed by atoms with Gasteiger partial charge in [-0.15, -0.1) is 0 Å². The van der Waals surface area contributed by atoms with Crippen molar-refractivity contribution in [3.05, 3.63) is 83.4 Å². The Kier molecular flexibility index (Phi) is 20.8. The first-order valence-corrected chi connectivity index (χ1v) is 25.2. The Balaban J connectivity index is 0.000000238. The van der Waals surface area contributed by atoms with Crippen molar-refractivity contribution in [2.45, 2.75) is 57.8 Å². The minimum atomic E-state index is -4.36. The van der Waals surface area contributed by atoms with E-state index in [1.807, 2.05) is 18.2 Å². The summed E-state index contributed by atoms with van der Waals surface area (Å²) in [6, 6.07) is 23.4. The van der Waals surface area contributed by atoms with Gasteiger partial charge in [0.1, 0.15) is 0 Å². The first-order valence-electron chi connectivity index (χ1n) is 18.3. The van der Waals surface area contributed by atoms with Gasteiger partial charge in [-0.25, -0.2) is 13.7 Å². The highest BCUT2D eigenvalue weighted by atomic mass is 32.2. The minimum Gasteiger partial charge on any atom is -0.469 e. The van der Waals surface area contributed by atoms with E-state index < -0.39 is 23.5 Å². The molecule has 5 atom stereocenters. The number of methoxy groups -OCH3 is 1. The summed E-state index contributed by atoms with van der Waals surface area (Å²) < 4.78 is 49.2. The molecule has 1 saturated carbocycles. The van der Waals surface area contributed by atoms with E-state index in [1.165, 1.54) is 59.2 Å². The Hall–Kier alpha value is -1.58. The lowest BCUT2D eigenvalue weighted by Gasteiger charge is -2.21. The van der Waals surface area contributed by atoms with Crippen molar-refractivity contribution in [2.24, 2.45) is 17.8 Å². The normalized spacial score (nSPS) is 19.4. The Bertz CT molecular complexity index is 1780. The topological polar surface area (TPSA) is 227 Å². The molecule has 3 aromatic rings. The van der Waals surface area contributed by atoms with Crippen molar-refractivity contribution >= 4 is 63.7 Å². The summed E-state index contributed by atoms with van der Waals surface area (Å²) in [7, 11) is -11.7. The molecule has 0 spiro atoms. The van der Waals surface area contributed by atoms with E-state index in [4.69, 9.17) is 29.4 Å². The molecule has 0 saturated heterocycles. The molecule has 56 heavy (non-hydrogen) atoms. The van der Waals surface area contributed by atoms with Gasteiger partial charge in [0.15, 0.2) is 0 Å². The van der Waals surface area contributed by atoms with Crippen LogP contribution in [0.15, 0.2) is 66.7 Å². The van der Waals surface area contributed by atoms with Gasteiger partial charge in [0.25, 0.3) is 0 Å². The van der Waals surface area contributed by atoms with Crippen molar-refractivity contribution in [3.8, 4) is 0 Å². The molecule has 0 heterocycles. The fourth-order valence-electron chi connectivity index (χ4n) is 7.26. The van der Waals surface area contributed by atoms with Gasteiger partial charge in [-0.3, -0.25) is 18.4 Å². The Morgan fingerprint density at radius 3 is 1.80 bits per heavy atom. The van der Waals surface area contributed by atoms with Crippen LogP contribution in [-0.2, 0) is 43.2 Å². The van der Waals surface area contributed by atoms with Gasteiger partial charge >= 0.3 is 29.4 Å². The van der Waals surface area contributed by atoms with Crippen LogP contribution in [0.1, 0.15) is 68.1 Å². The Morgan fingerprint density at radius 2 is 1.27 bits per heavy atom. The van der Waals surface area contributed by atoms with Crippen LogP contribution < -0.4 is 0 Å². The summed E-state index contributed by atoms with van der Waals surface area (Å²) in [6.07, 6.45) is 5.00. The third-order valence-electron chi connectivity index (χ3n) is 9.52. The smallest absolute Gasteiger partial charge is 0.469 e. The van der Waals surface area contributed by atoms with Gasteiger partial charge in [0.05, 0.1) is 32.8 Å². The van der Waals surface area contributed by atoms with E-state index in [-0.39, 0.29) is 31.7 Å². The van der Waals surface area contributed by atoms with Crippen LogP contribution in [0.2, 0.25) is 0 Å². The zero-order chi connectivity index (χ0) is 41.4. The zero-order valence-electron chi connectivity index (χ0n) is 31.8. The summed E-state index contributed by atoms with van der Waals surface area (Å²) in [4.78, 5) is 62.2. The largest absolute Gasteiger partial charge is 0.469 e. The summed E-state index contributed by atoms with van der Waals surface area (Å²) in [5, 5.41) is 2.79. The maximum atomic E-state index is 10.9. The number of fused-ring (bicyclic) bond motifs is 3. The van der Waals surface area contributed by atoms with Crippen molar-refractivity contribution in [1.29, 1.82) is 0 Å². The molecule has 3 aromatic carbocycles. The number of esters is 1. The average molecular weight is 881 g/mol. The van der Waals surface area contributed by atoms with Gasteiger partial charge in [0.2, 0.25) is 0 Å². The molecule has 2 aliphatic carbocycles. The molecule has 6 N–H and O–H groups in total. The molecule has 0 amide bonds. The number of phosphoric acid groups is 3. The Labute approximate surface area is 337 Å². The van der Waals surface area contributed by atoms with Crippen molar-refractivity contribution in [3.63, 3.8) is 0 Å². The SMILES string of the molecule is CCC1CC(CCCOP(=O)(O)O)C2c3cccc4cccc(c34)C12.COC(=O)C(C)CSCCOP(=O)(O)O.O=P(O)(O)OCCSCCc1ccccc1. The number of hydrogen-bond donors (Lipinski definition) is 6. The van der Waals surface area contributed by atoms with Crippen LogP contribution in [0.3, 0.4) is 0 Å². The number of carbonyl (C=O) groups excluding carboxylic acids is 1. The van der Waals surface area contributed by atoms with Gasteiger partial charge in [-0.1, -0.05) is 87.0 Å². The number of aryl methyl sites for hydroxylation is 1. The fourth-order valence-corrected chi connectivity index (χ4v) is 10.2. The molecule has 0 bridgehead atoms. The van der Waals surface area contributed by atoms with Gasteiger partial charge in [-0.2, -0.15) is 23.5 Å². The quantitative estimate of drug-likeness (QED) is 0.0364. The van der Waals surface area contributed by atoms with Crippen LogP contribution >= 0.6 is 47.0 Å². The molecule has 0 aliphatic heterocycles. The van der Waals surface area contributed by atoms with E-state index in [1.54, 1.807) is 18.7 Å². The van der Waals surface area contributed by atoms with Gasteiger partial charge in [0, 0.05) is 17.3 Å². The second-order valence-corrected chi connectivity index (χ2v) is 19.6. The van der Waals surface area contributed by atoms with Crippen molar-refractivity contribution < 1.29 is 66.2 Å². The fraction of sp³-hybridized carbons (Fsp3) is 0.541. The second kappa shape index (κ2) is 23.9. The molecule has 0 aromatic heterocycles. The maximum absolute atomic E-state index is 10.9. The monoisotopic (exact) mass is 880 g/mol. The number of rotatable bonds is 20. The predicted octanol–water partition coefficient (Wildman–Crippen LogP) is 7.67. The number of hydrogen-bond acceptors (Lipinski definition) is 10. The number of phosphoric ester groups is 3. The summed E-state index contributed by atoms with van der Waals surface area (Å²) in [5.74, 6) is 4.35. The van der Waals surface area contributed by atoms with Crippen LogP contribution in [0.25, 0.3) is 10.8 Å². The average Bonchev–Trinajstić information content (AvgIpc) is 3.68. The summed E-state index contributed by atoms with van der Waals surface area (Å²) in [6.45, 7) is 4.19.